The number of aromatic nitrogens is 2. The summed E-state index contributed by atoms with van der Waals surface area (Å²) in [6.45, 7) is 0.176. The van der Waals surface area contributed by atoms with Gasteiger partial charge in [-0.15, -0.1) is 0 Å². The minimum Gasteiger partial charge on any atom is -0.482 e. The second kappa shape index (κ2) is 7.81. The molecule has 0 aliphatic carbocycles. The highest BCUT2D eigenvalue weighted by Gasteiger charge is 2.07. The third-order valence-corrected chi connectivity index (χ3v) is 3.74. The van der Waals surface area contributed by atoms with Crippen LogP contribution < -0.4 is 10.1 Å². The fourth-order valence-electron chi connectivity index (χ4n) is 2.18. The molecule has 0 fully saturated rings. The first-order valence-corrected chi connectivity index (χ1v) is 7.93. The van der Waals surface area contributed by atoms with Crippen LogP contribution in [0.3, 0.4) is 0 Å². The maximum Gasteiger partial charge on any atom is 0.258 e. The summed E-state index contributed by atoms with van der Waals surface area (Å²) >= 11 is 5.84. The van der Waals surface area contributed by atoms with Crippen LogP contribution in [0.1, 0.15) is 5.56 Å². The fraction of sp³-hybridized carbons (Fsp3) is 0.111. The van der Waals surface area contributed by atoms with Crippen LogP contribution >= 0.6 is 11.6 Å². The van der Waals surface area contributed by atoms with Crippen molar-refractivity contribution in [2.24, 2.45) is 0 Å². The average Bonchev–Trinajstić information content (AvgIpc) is 3.14. The van der Waals surface area contributed by atoms with Gasteiger partial charge in [0.2, 0.25) is 0 Å². The lowest BCUT2D eigenvalue weighted by molar-refractivity contribution is -0.123. The molecule has 0 saturated heterocycles. The van der Waals surface area contributed by atoms with Crippen molar-refractivity contribution < 1.29 is 13.9 Å². The van der Waals surface area contributed by atoms with E-state index in [1.165, 1.54) is 12.1 Å². The van der Waals surface area contributed by atoms with Crippen LogP contribution in [-0.2, 0) is 11.3 Å². The molecule has 0 aliphatic heterocycles. The Bertz CT molecular complexity index is 851. The Morgan fingerprint density at radius 2 is 2.04 bits per heavy atom. The van der Waals surface area contributed by atoms with Gasteiger partial charge in [0.1, 0.15) is 11.6 Å². The van der Waals surface area contributed by atoms with E-state index in [1.807, 2.05) is 36.5 Å². The van der Waals surface area contributed by atoms with E-state index in [9.17, 15) is 9.18 Å². The van der Waals surface area contributed by atoms with Crippen LogP contribution in [0.25, 0.3) is 5.69 Å². The molecular formula is C18H15ClFN3O2. The molecule has 25 heavy (non-hydrogen) atoms. The molecule has 1 aromatic heterocycles. The van der Waals surface area contributed by atoms with Gasteiger partial charge >= 0.3 is 0 Å². The molecule has 128 valence electrons. The van der Waals surface area contributed by atoms with Crippen molar-refractivity contribution >= 4 is 17.5 Å². The second-order valence-electron chi connectivity index (χ2n) is 5.26. The lowest BCUT2D eigenvalue weighted by Gasteiger charge is -2.09. The van der Waals surface area contributed by atoms with Gasteiger partial charge in [-0.25, -0.2) is 9.07 Å². The largest absolute Gasteiger partial charge is 0.482 e. The van der Waals surface area contributed by atoms with E-state index < -0.39 is 5.82 Å². The summed E-state index contributed by atoms with van der Waals surface area (Å²) in [6, 6.07) is 13.3. The average molecular weight is 360 g/mol. The molecule has 0 spiro atoms. The van der Waals surface area contributed by atoms with Crippen molar-refractivity contribution in [2.75, 3.05) is 6.61 Å². The number of amides is 1. The van der Waals surface area contributed by atoms with Crippen molar-refractivity contribution in [2.45, 2.75) is 6.54 Å². The fourth-order valence-corrected chi connectivity index (χ4v) is 2.40. The Hall–Kier alpha value is -2.86. The number of halogens is 2. The van der Waals surface area contributed by atoms with E-state index in [0.717, 1.165) is 17.3 Å². The Labute approximate surface area is 149 Å². The normalized spacial score (nSPS) is 10.5. The Kier molecular flexibility index (Phi) is 5.30. The molecule has 1 N–H and O–H groups in total. The van der Waals surface area contributed by atoms with Crippen LogP contribution in [0.2, 0.25) is 5.02 Å². The van der Waals surface area contributed by atoms with E-state index in [1.54, 1.807) is 10.9 Å². The van der Waals surface area contributed by atoms with Crippen molar-refractivity contribution in [3.05, 3.63) is 77.3 Å². The molecule has 2 aromatic carbocycles. The lowest BCUT2D eigenvalue weighted by Crippen LogP contribution is -2.28. The van der Waals surface area contributed by atoms with Gasteiger partial charge in [-0.2, -0.15) is 5.10 Å². The number of hydrogen-bond acceptors (Lipinski definition) is 3. The topological polar surface area (TPSA) is 56.1 Å². The summed E-state index contributed by atoms with van der Waals surface area (Å²) in [6.07, 6.45) is 3.57. The highest BCUT2D eigenvalue weighted by Crippen LogP contribution is 2.24. The molecule has 5 nitrogen and oxygen atoms in total. The third kappa shape index (κ3) is 4.58. The summed E-state index contributed by atoms with van der Waals surface area (Å²) < 4.78 is 20.0. The van der Waals surface area contributed by atoms with E-state index in [0.29, 0.717) is 6.54 Å². The lowest BCUT2D eigenvalue weighted by atomic mass is 10.2. The van der Waals surface area contributed by atoms with E-state index in [4.69, 9.17) is 16.3 Å². The number of nitrogens with one attached hydrogen (secondary N) is 1. The number of hydrogen-bond donors (Lipinski definition) is 1. The first-order chi connectivity index (χ1) is 12.1. The maximum atomic E-state index is 12.9. The first kappa shape index (κ1) is 17.0. The summed E-state index contributed by atoms with van der Waals surface area (Å²) in [7, 11) is 0. The molecule has 0 bridgehead atoms. The molecular weight excluding hydrogens is 345 g/mol. The zero-order chi connectivity index (χ0) is 17.6. The number of carbonyl (C=O) groups is 1. The van der Waals surface area contributed by atoms with Gasteiger partial charge in [-0.3, -0.25) is 4.79 Å². The Morgan fingerprint density at radius 1 is 1.24 bits per heavy atom. The zero-order valence-electron chi connectivity index (χ0n) is 13.2. The number of ether oxygens (including phenoxy) is 1. The van der Waals surface area contributed by atoms with Gasteiger partial charge in [-0.05, 0) is 42.0 Å². The molecule has 0 radical (unpaired) electrons. The predicted molar refractivity (Wildman–Crippen MR) is 92.3 cm³/mol. The number of carbonyl (C=O) groups excluding carboxylic acids is 1. The second-order valence-corrected chi connectivity index (χ2v) is 5.66. The molecule has 0 saturated carbocycles. The minimum atomic E-state index is -0.458. The summed E-state index contributed by atoms with van der Waals surface area (Å²) in [4.78, 5) is 11.9. The Balaban J connectivity index is 1.49. The predicted octanol–water partition coefficient (Wildman–Crippen LogP) is 3.36. The van der Waals surface area contributed by atoms with Crippen LogP contribution in [0.15, 0.2) is 60.9 Å². The standard InChI is InChI=1S/C18H15ClFN3O2/c19-16-10-14(20)4-7-17(16)25-12-18(24)21-11-13-2-5-15(6-3-13)23-9-1-8-22-23/h1-10H,11-12H2,(H,21,24). The van der Waals surface area contributed by atoms with Crippen LogP contribution in [0, 0.1) is 5.82 Å². The van der Waals surface area contributed by atoms with Crippen molar-refractivity contribution in [3.8, 4) is 11.4 Å². The van der Waals surface area contributed by atoms with E-state index >= 15 is 0 Å². The number of nitrogens with zero attached hydrogens (tertiary/aromatic N) is 2. The van der Waals surface area contributed by atoms with Gasteiger partial charge < -0.3 is 10.1 Å². The van der Waals surface area contributed by atoms with Gasteiger partial charge in [0.15, 0.2) is 6.61 Å². The van der Waals surface area contributed by atoms with E-state index in [-0.39, 0.29) is 23.3 Å². The monoisotopic (exact) mass is 359 g/mol. The Morgan fingerprint density at radius 3 is 2.72 bits per heavy atom. The smallest absolute Gasteiger partial charge is 0.258 e. The molecule has 0 atom stereocenters. The van der Waals surface area contributed by atoms with Gasteiger partial charge in [-0.1, -0.05) is 23.7 Å². The van der Waals surface area contributed by atoms with Crippen LogP contribution in [0.4, 0.5) is 4.39 Å². The van der Waals surface area contributed by atoms with Crippen molar-refractivity contribution in [1.82, 2.24) is 15.1 Å². The molecule has 7 heteroatoms. The molecule has 1 heterocycles. The number of rotatable bonds is 6. The van der Waals surface area contributed by atoms with Crippen LogP contribution in [-0.4, -0.2) is 22.3 Å². The third-order valence-electron chi connectivity index (χ3n) is 3.45. The molecule has 0 unspecified atom stereocenters. The highest BCUT2D eigenvalue weighted by molar-refractivity contribution is 6.32. The molecule has 1 amide bonds. The van der Waals surface area contributed by atoms with Gasteiger partial charge in [0, 0.05) is 18.9 Å². The summed E-state index contributed by atoms with van der Waals surface area (Å²) in [5, 5.41) is 7.03. The SMILES string of the molecule is O=C(COc1ccc(F)cc1Cl)NCc1ccc(-n2cccn2)cc1. The molecule has 3 rings (SSSR count). The van der Waals surface area contributed by atoms with Gasteiger partial charge in [0.25, 0.3) is 5.91 Å². The van der Waals surface area contributed by atoms with Crippen LogP contribution in [0.5, 0.6) is 5.75 Å². The summed E-state index contributed by atoms with van der Waals surface area (Å²) in [5.41, 5.74) is 1.89. The van der Waals surface area contributed by atoms with Crippen molar-refractivity contribution in [1.29, 1.82) is 0 Å². The molecule has 0 aliphatic rings. The minimum absolute atomic E-state index is 0.127. The maximum absolute atomic E-state index is 12.9. The number of benzene rings is 2. The quantitative estimate of drug-likeness (QED) is 0.734. The first-order valence-electron chi connectivity index (χ1n) is 7.55. The summed E-state index contributed by atoms with van der Waals surface area (Å²) in [5.74, 6) is -0.487. The zero-order valence-corrected chi connectivity index (χ0v) is 13.9. The van der Waals surface area contributed by atoms with Crippen molar-refractivity contribution in [3.63, 3.8) is 0 Å². The molecule has 3 aromatic rings. The van der Waals surface area contributed by atoms with E-state index in [2.05, 4.69) is 10.4 Å². The van der Waals surface area contributed by atoms with Gasteiger partial charge in [0.05, 0.1) is 10.7 Å². The highest BCUT2D eigenvalue weighted by atomic mass is 35.5.